The number of hydrogen-bond acceptors (Lipinski definition) is 4. The molecule has 1 amide bonds. The normalized spacial score (nSPS) is 26.2. The minimum Gasteiger partial charge on any atom is -0.491 e. The van der Waals surface area contributed by atoms with Crippen LogP contribution in [0.5, 0.6) is 5.75 Å². The summed E-state index contributed by atoms with van der Waals surface area (Å²) in [6, 6.07) is 7.89. The lowest BCUT2D eigenvalue weighted by molar-refractivity contribution is -0.138. The van der Waals surface area contributed by atoms with Crippen LogP contribution < -0.4 is 4.74 Å². The van der Waals surface area contributed by atoms with Gasteiger partial charge in [-0.2, -0.15) is 0 Å². The molecule has 1 aromatic rings. The SMILES string of the molecule is O=C(C1CCC1)N1CCCCCc2ccccc2OC[C@@H](O)[C@@H](O)CC1. The molecule has 1 aliphatic carbocycles. The van der Waals surface area contributed by atoms with E-state index in [4.69, 9.17) is 4.74 Å². The zero-order valence-corrected chi connectivity index (χ0v) is 15.5. The third kappa shape index (κ3) is 4.98. The number of aliphatic hydroxyl groups is 2. The van der Waals surface area contributed by atoms with Crippen LogP contribution in [0.4, 0.5) is 0 Å². The van der Waals surface area contributed by atoms with Crippen LogP contribution in [-0.2, 0) is 11.2 Å². The molecule has 1 aromatic carbocycles. The van der Waals surface area contributed by atoms with E-state index in [0.29, 0.717) is 13.0 Å². The summed E-state index contributed by atoms with van der Waals surface area (Å²) in [5, 5.41) is 20.5. The molecule has 1 fully saturated rings. The summed E-state index contributed by atoms with van der Waals surface area (Å²) in [4.78, 5) is 14.5. The van der Waals surface area contributed by atoms with Gasteiger partial charge in [0.25, 0.3) is 0 Å². The van der Waals surface area contributed by atoms with Crippen molar-refractivity contribution in [2.24, 2.45) is 5.92 Å². The van der Waals surface area contributed by atoms with Crippen molar-refractivity contribution in [1.82, 2.24) is 4.90 Å². The van der Waals surface area contributed by atoms with Crippen molar-refractivity contribution in [3.63, 3.8) is 0 Å². The average molecular weight is 361 g/mol. The van der Waals surface area contributed by atoms with Crippen LogP contribution >= 0.6 is 0 Å². The van der Waals surface area contributed by atoms with Gasteiger partial charge in [-0.15, -0.1) is 0 Å². The molecule has 0 radical (unpaired) electrons. The van der Waals surface area contributed by atoms with Gasteiger partial charge in [0.2, 0.25) is 5.91 Å². The number of carbonyl (C=O) groups is 1. The van der Waals surface area contributed by atoms with Crippen LogP contribution in [-0.4, -0.2) is 52.9 Å². The minimum atomic E-state index is -0.952. The van der Waals surface area contributed by atoms with E-state index in [1.54, 1.807) is 0 Å². The fourth-order valence-electron chi connectivity index (χ4n) is 3.66. The number of aryl methyl sites for hydroxylation is 1. The quantitative estimate of drug-likeness (QED) is 0.806. The second-order valence-electron chi connectivity index (χ2n) is 7.61. The average Bonchev–Trinajstić information content (AvgIpc) is 2.60. The fraction of sp³-hybridized carbons (Fsp3) is 0.667. The molecule has 2 aliphatic rings. The number of aliphatic hydroxyl groups excluding tert-OH is 2. The lowest BCUT2D eigenvalue weighted by Crippen LogP contribution is -2.42. The van der Waals surface area contributed by atoms with Crippen molar-refractivity contribution >= 4 is 5.91 Å². The molecule has 3 rings (SSSR count). The standard InChI is InChI=1S/C21H31NO4/c23-18-12-14-22(21(25)17-9-6-10-17)13-5-1-2-7-16-8-3-4-11-20(16)26-15-19(18)24/h3-4,8,11,17-19,23-24H,1-2,5-7,9-10,12-15H2/t18-,19+/m0/s1. The highest BCUT2D eigenvalue weighted by atomic mass is 16.5. The minimum absolute atomic E-state index is 0.0642. The zero-order chi connectivity index (χ0) is 18.4. The highest BCUT2D eigenvalue weighted by Crippen LogP contribution is 2.29. The topological polar surface area (TPSA) is 70.0 Å². The maximum absolute atomic E-state index is 12.6. The summed E-state index contributed by atoms with van der Waals surface area (Å²) < 4.78 is 5.76. The molecule has 1 heterocycles. The molecule has 144 valence electrons. The zero-order valence-electron chi connectivity index (χ0n) is 15.5. The first-order valence-corrected chi connectivity index (χ1v) is 10.0. The van der Waals surface area contributed by atoms with E-state index < -0.39 is 12.2 Å². The Kier molecular flexibility index (Phi) is 6.92. The molecular formula is C21H31NO4. The fourth-order valence-corrected chi connectivity index (χ4v) is 3.66. The van der Waals surface area contributed by atoms with Gasteiger partial charge in [0.1, 0.15) is 18.5 Å². The predicted molar refractivity (Wildman–Crippen MR) is 100 cm³/mol. The van der Waals surface area contributed by atoms with Crippen molar-refractivity contribution < 1.29 is 19.7 Å². The lowest BCUT2D eigenvalue weighted by Gasteiger charge is -2.32. The number of para-hydroxylation sites is 1. The van der Waals surface area contributed by atoms with Crippen molar-refractivity contribution in [2.45, 2.75) is 63.6 Å². The third-order valence-corrected chi connectivity index (χ3v) is 5.66. The molecule has 0 saturated heterocycles. The molecule has 0 spiro atoms. The Morgan fingerprint density at radius 2 is 1.77 bits per heavy atom. The summed E-state index contributed by atoms with van der Waals surface area (Å²) in [6.45, 7) is 1.31. The number of hydrogen-bond donors (Lipinski definition) is 2. The van der Waals surface area contributed by atoms with Gasteiger partial charge in [-0.05, 0) is 50.2 Å². The Balaban J connectivity index is 1.65. The molecule has 2 N–H and O–H groups in total. The molecule has 2 atom stereocenters. The second-order valence-corrected chi connectivity index (χ2v) is 7.61. The van der Waals surface area contributed by atoms with E-state index in [0.717, 1.165) is 62.8 Å². The molecule has 0 unspecified atom stereocenters. The monoisotopic (exact) mass is 361 g/mol. The van der Waals surface area contributed by atoms with Gasteiger partial charge in [-0.25, -0.2) is 0 Å². The first kappa shape index (κ1) is 19.2. The van der Waals surface area contributed by atoms with Gasteiger partial charge in [-0.1, -0.05) is 31.0 Å². The maximum Gasteiger partial charge on any atom is 0.225 e. The number of fused-ring (bicyclic) bond motifs is 1. The lowest BCUT2D eigenvalue weighted by atomic mass is 9.84. The Bertz CT molecular complexity index is 587. The van der Waals surface area contributed by atoms with Gasteiger partial charge in [0.05, 0.1) is 6.10 Å². The van der Waals surface area contributed by atoms with Crippen LogP contribution in [0.15, 0.2) is 24.3 Å². The van der Waals surface area contributed by atoms with Gasteiger partial charge < -0.3 is 19.8 Å². The largest absolute Gasteiger partial charge is 0.491 e. The third-order valence-electron chi connectivity index (χ3n) is 5.66. The predicted octanol–water partition coefficient (Wildman–Crippen LogP) is 2.53. The van der Waals surface area contributed by atoms with Gasteiger partial charge >= 0.3 is 0 Å². The molecule has 1 aliphatic heterocycles. The number of nitrogens with zero attached hydrogens (tertiary/aromatic N) is 1. The van der Waals surface area contributed by atoms with Crippen molar-refractivity contribution in [3.05, 3.63) is 29.8 Å². The first-order chi connectivity index (χ1) is 12.6. The van der Waals surface area contributed by atoms with Crippen LogP contribution in [0.1, 0.15) is 50.5 Å². The Labute approximate surface area is 156 Å². The summed E-state index contributed by atoms with van der Waals surface area (Å²) >= 11 is 0. The summed E-state index contributed by atoms with van der Waals surface area (Å²) in [5.41, 5.74) is 1.13. The maximum atomic E-state index is 12.6. The molecule has 5 heteroatoms. The van der Waals surface area contributed by atoms with E-state index in [2.05, 4.69) is 6.07 Å². The number of rotatable bonds is 1. The van der Waals surface area contributed by atoms with E-state index in [9.17, 15) is 15.0 Å². The highest BCUT2D eigenvalue weighted by Gasteiger charge is 2.30. The summed E-state index contributed by atoms with van der Waals surface area (Å²) in [6.07, 6.45) is 5.67. The van der Waals surface area contributed by atoms with Crippen LogP contribution in [0, 0.1) is 5.92 Å². The van der Waals surface area contributed by atoms with E-state index in [-0.39, 0.29) is 18.4 Å². The van der Waals surface area contributed by atoms with E-state index in [1.807, 2.05) is 23.1 Å². The first-order valence-electron chi connectivity index (χ1n) is 10.0. The number of benzene rings is 1. The molecule has 0 bridgehead atoms. The number of carbonyl (C=O) groups excluding carboxylic acids is 1. The highest BCUT2D eigenvalue weighted by molar-refractivity contribution is 5.79. The molecule has 26 heavy (non-hydrogen) atoms. The van der Waals surface area contributed by atoms with Crippen molar-refractivity contribution in [2.75, 3.05) is 19.7 Å². The van der Waals surface area contributed by atoms with Crippen LogP contribution in [0.25, 0.3) is 0 Å². The molecule has 5 nitrogen and oxygen atoms in total. The Morgan fingerprint density at radius 3 is 2.54 bits per heavy atom. The number of amides is 1. The Hall–Kier alpha value is -1.59. The molecular weight excluding hydrogens is 330 g/mol. The van der Waals surface area contributed by atoms with Gasteiger partial charge in [0.15, 0.2) is 0 Å². The van der Waals surface area contributed by atoms with Crippen molar-refractivity contribution in [3.8, 4) is 5.75 Å². The van der Waals surface area contributed by atoms with Crippen LogP contribution in [0.3, 0.4) is 0 Å². The molecule has 1 saturated carbocycles. The van der Waals surface area contributed by atoms with Gasteiger partial charge in [0, 0.05) is 19.0 Å². The van der Waals surface area contributed by atoms with Crippen LogP contribution in [0.2, 0.25) is 0 Å². The van der Waals surface area contributed by atoms with E-state index in [1.165, 1.54) is 0 Å². The van der Waals surface area contributed by atoms with Gasteiger partial charge in [-0.3, -0.25) is 4.79 Å². The van der Waals surface area contributed by atoms with E-state index >= 15 is 0 Å². The number of ether oxygens (including phenoxy) is 1. The smallest absolute Gasteiger partial charge is 0.225 e. The summed E-state index contributed by atoms with van der Waals surface area (Å²) in [7, 11) is 0. The van der Waals surface area contributed by atoms with Crippen molar-refractivity contribution in [1.29, 1.82) is 0 Å². The summed E-state index contributed by atoms with van der Waals surface area (Å²) in [5.74, 6) is 1.19. The second kappa shape index (κ2) is 9.38. The molecule has 0 aromatic heterocycles. The Morgan fingerprint density at radius 1 is 0.962 bits per heavy atom.